The first kappa shape index (κ1) is 13.5. The Morgan fingerprint density at radius 2 is 2.25 bits per heavy atom. The van der Waals surface area contributed by atoms with E-state index in [0.717, 1.165) is 25.8 Å². The first-order valence-corrected chi connectivity index (χ1v) is 7.01. The van der Waals surface area contributed by atoms with E-state index in [4.69, 9.17) is 16.1 Å². The van der Waals surface area contributed by atoms with Crippen LogP contribution in [0.3, 0.4) is 0 Å². The molecule has 0 radical (unpaired) electrons. The van der Waals surface area contributed by atoms with E-state index in [1.165, 1.54) is 12.1 Å². The monoisotopic (exact) mass is 295 g/mol. The van der Waals surface area contributed by atoms with Gasteiger partial charge in [-0.2, -0.15) is 4.98 Å². The Morgan fingerprint density at radius 1 is 1.40 bits per heavy atom. The fourth-order valence-electron chi connectivity index (χ4n) is 2.47. The SMILES string of the molecule is CC1(c2nc(-c3ccc(F)cc3Cl)no2)CCCCN1. The molecule has 2 aromatic rings. The van der Waals surface area contributed by atoms with Crippen molar-refractivity contribution >= 4 is 11.6 Å². The Morgan fingerprint density at radius 3 is 2.95 bits per heavy atom. The summed E-state index contributed by atoms with van der Waals surface area (Å²) in [5.74, 6) is 0.551. The third-order valence-electron chi connectivity index (χ3n) is 3.69. The van der Waals surface area contributed by atoms with Crippen LogP contribution in [0.2, 0.25) is 5.02 Å². The zero-order chi connectivity index (χ0) is 14.2. The fourth-order valence-corrected chi connectivity index (χ4v) is 2.72. The fraction of sp³-hybridized carbons (Fsp3) is 0.429. The van der Waals surface area contributed by atoms with E-state index in [1.807, 2.05) is 0 Å². The summed E-state index contributed by atoms with van der Waals surface area (Å²) >= 11 is 6.02. The average Bonchev–Trinajstić information content (AvgIpc) is 2.90. The van der Waals surface area contributed by atoms with Gasteiger partial charge < -0.3 is 9.84 Å². The van der Waals surface area contributed by atoms with Crippen LogP contribution >= 0.6 is 11.6 Å². The van der Waals surface area contributed by atoms with Gasteiger partial charge in [0, 0.05) is 5.56 Å². The second-order valence-corrected chi connectivity index (χ2v) is 5.67. The average molecular weight is 296 g/mol. The molecule has 1 fully saturated rings. The highest BCUT2D eigenvalue weighted by atomic mass is 35.5. The summed E-state index contributed by atoms with van der Waals surface area (Å²) in [6, 6.07) is 4.13. The number of hydrogen-bond donors (Lipinski definition) is 1. The Labute approximate surface area is 121 Å². The van der Waals surface area contributed by atoms with Gasteiger partial charge in [-0.25, -0.2) is 4.39 Å². The molecule has 0 aliphatic carbocycles. The van der Waals surface area contributed by atoms with Gasteiger partial charge in [0.05, 0.1) is 10.6 Å². The van der Waals surface area contributed by atoms with Gasteiger partial charge in [-0.05, 0) is 50.9 Å². The van der Waals surface area contributed by atoms with Crippen LogP contribution in [-0.4, -0.2) is 16.7 Å². The van der Waals surface area contributed by atoms with Crippen molar-refractivity contribution in [1.82, 2.24) is 15.5 Å². The lowest BCUT2D eigenvalue weighted by Gasteiger charge is -2.31. The maximum atomic E-state index is 13.1. The standard InChI is InChI=1S/C14H15ClFN3O/c1-14(6-2-3-7-17-14)13-18-12(19-20-13)10-5-4-9(16)8-11(10)15/h4-5,8,17H,2-3,6-7H2,1H3. The lowest BCUT2D eigenvalue weighted by Crippen LogP contribution is -2.43. The van der Waals surface area contributed by atoms with Crippen molar-refractivity contribution in [3.63, 3.8) is 0 Å². The third-order valence-corrected chi connectivity index (χ3v) is 4.00. The van der Waals surface area contributed by atoms with Crippen LogP contribution in [0.15, 0.2) is 22.7 Å². The highest BCUT2D eigenvalue weighted by Gasteiger charge is 2.34. The largest absolute Gasteiger partial charge is 0.337 e. The van der Waals surface area contributed by atoms with Crippen LogP contribution in [0.4, 0.5) is 4.39 Å². The minimum atomic E-state index is -0.386. The van der Waals surface area contributed by atoms with E-state index < -0.39 is 0 Å². The van der Waals surface area contributed by atoms with Gasteiger partial charge in [0.1, 0.15) is 5.82 Å². The summed E-state index contributed by atoms with van der Waals surface area (Å²) in [6.07, 6.45) is 3.23. The molecule has 3 rings (SSSR count). The minimum absolute atomic E-state index is 0.277. The van der Waals surface area contributed by atoms with Crippen LogP contribution in [-0.2, 0) is 5.54 Å². The zero-order valence-electron chi connectivity index (χ0n) is 11.1. The van der Waals surface area contributed by atoms with Crippen molar-refractivity contribution in [3.05, 3.63) is 34.9 Å². The van der Waals surface area contributed by atoms with Crippen LogP contribution in [0, 0.1) is 5.82 Å². The molecule has 4 nitrogen and oxygen atoms in total. The molecule has 0 spiro atoms. The number of halogens is 2. The van der Waals surface area contributed by atoms with Crippen molar-refractivity contribution in [1.29, 1.82) is 0 Å². The van der Waals surface area contributed by atoms with Crippen LogP contribution in [0.5, 0.6) is 0 Å². The van der Waals surface area contributed by atoms with Gasteiger partial charge in [-0.15, -0.1) is 0 Å². The van der Waals surface area contributed by atoms with E-state index in [-0.39, 0.29) is 16.4 Å². The molecule has 2 heterocycles. The molecule has 1 atom stereocenters. The second-order valence-electron chi connectivity index (χ2n) is 5.26. The Bertz CT molecular complexity index is 623. The quantitative estimate of drug-likeness (QED) is 0.921. The molecule has 1 aliphatic rings. The van der Waals surface area contributed by atoms with E-state index in [2.05, 4.69) is 22.4 Å². The van der Waals surface area contributed by atoms with Gasteiger partial charge in [0.15, 0.2) is 0 Å². The van der Waals surface area contributed by atoms with Crippen molar-refractivity contribution in [3.8, 4) is 11.4 Å². The third kappa shape index (κ3) is 2.43. The van der Waals surface area contributed by atoms with Gasteiger partial charge >= 0.3 is 0 Å². The van der Waals surface area contributed by atoms with Crippen molar-refractivity contribution in [2.45, 2.75) is 31.7 Å². The smallest absolute Gasteiger partial charge is 0.246 e. The summed E-state index contributed by atoms with van der Waals surface area (Å²) in [6.45, 7) is 2.99. The maximum Gasteiger partial charge on any atom is 0.246 e. The molecule has 106 valence electrons. The Kier molecular flexibility index (Phi) is 3.48. The number of nitrogens with one attached hydrogen (secondary N) is 1. The molecule has 1 aromatic carbocycles. The van der Waals surface area contributed by atoms with Gasteiger partial charge in [0.2, 0.25) is 11.7 Å². The van der Waals surface area contributed by atoms with Gasteiger partial charge in [-0.1, -0.05) is 16.8 Å². The van der Waals surface area contributed by atoms with Crippen molar-refractivity contribution in [2.24, 2.45) is 0 Å². The van der Waals surface area contributed by atoms with Crippen molar-refractivity contribution < 1.29 is 8.91 Å². The number of hydrogen-bond acceptors (Lipinski definition) is 4. The molecule has 0 bridgehead atoms. The zero-order valence-corrected chi connectivity index (χ0v) is 11.9. The van der Waals surface area contributed by atoms with Crippen molar-refractivity contribution in [2.75, 3.05) is 6.54 Å². The number of nitrogens with zero attached hydrogens (tertiary/aromatic N) is 2. The minimum Gasteiger partial charge on any atom is -0.337 e. The predicted octanol–water partition coefficient (Wildman–Crippen LogP) is 3.52. The molecule has 1 aromatic heterocycles. The van der Waals surface area contributed by atoms with Gasteiger partial charge in [0.25, 0.3) is 0 Å². The number of piperidine rings is 1. The molecule has 1 unspecified atom stereocenters. The van der Waals surface area contributed by atoms with Crippen LogP contribution < -0.4 is 5.32 Å². The lowest BCUT2D eigenvalue weighted by atomic mass is 9.91. The van der Waals surface area contributed by atoms with Crippen LogP contribution in [0.25, 0.3) is 11.4 Å². The highest BCUT2D eigenvalue weighted by molar-refractivity contribution is 6.33. The summed E-state index contributed by atoms with van der Waals surface area (Å²) in [5, 5.41) is 7.65. The maximum absolute atomic E-state index is 13.1. The Balaban J connectivity index is 1.93. The first-order chi connectivity index (χ1) is 9.58. The molecule has 0 saturated carbocycles. The second kappa shape index (κ2) is 5.14. The molecule has 6 heteroatoms. The van der Waals surface area contributed by atoms with E-state index >= 15 is 0 Å². The summed E-state index contributed by atoms with van der Waals surface area (Å²) in [7, 11) is 0. The molecule has 1 aliphatic heterocycles. The van der Waals surface area contributed by atoms with E-state index in [0.29, 0.717) is 17.3 Å². The first-order valence-electron chi connectivity index (χ1n) is 6.63. The molecule has 1 N–H and O–H groups in total. The number of rotatable bonds is 2. The topological polar surface area (TPSA) is 51.0 Å². The van der Waals surface area contributed by atoms with Crippen LogP contribution in [0.1, 0.15) is 32.1 Å². The Hall–Kier alpha value is -1.46. The van der Waals surface area contributed by atoms with E-state index in [9.17, 15) is 4.39 Å². The summed E-state index contributed by atoms with van der Waals surface area (Å²) < 4.78 is 18.4. The molecule has 0 amide bonds. The number of benzene rings is 1. The molecule has 1 saturated heterocycles. The molecular formula is C14H15ClFN3O. The molecular weight excluding hydrogens is 281 g/mol. The lowest BCUT2D eigenvalue weighted by molar-refractivity contribution is 0.207. The van der Waals surface area contributed by atoms with Gasteiger partial charge in [-0.3, -0.25) is 0 Å². The predicted molar refractivity (Wildman–Crippen MR) is 73.9 cm³/mol. The summed E-state index contributed by atoms with van der Waals surface area (Å²) in [5.41, 5.74) is 0.276. The van der Waals surface area contributed by atoms with E-state index in [1.54, 1.807) is 6.07 Å². The normalized spacial score (nSPS) is 22.9. The summed E-state index contributed by atoms with van der Waals surface area (Å²) in [4.78, 5) is 4.42. The molecule has 20 heavy (non-hydrogen) atoms. The highest BCUT2D eigenvalue weighted by Crippen LogP contribution is 2.32. The number of aromatic nitrogens is 2.